The van der Waals surface area contributed by atoms with Gasteiger partial charge in [0.1, 0.15) is 12.2 Å². The van der Waals surface area contributed by atoms with Crippen LogP contribution in [0.15, 0.2) is 60.7 Å². The highest BCUT2D eigenvalue weighted by Crippen LogP contribution is 2.47. The van der Waals surface area contributed by atoms with Crippen molar-refractivity contribution in [3.05, 3.63) is 71.8 Å². The highest BCUT2D eigenvalue weighted by Gasteiger charge is 2.67. The number of fused-ring (bicyclic) bond motifs is 1. The molecule has 1 heterocycles. The summed E-state index contributed by atoms with van der Waals surface area (Å²) in [5.41, 5.74) is 2.16. The summed E-state index contributed by atoms with van der Waals surface area (Å²) < 4.78 is 17.0. The molecule has 2 unspecified atom stereocenters. The number of carbonyl (C=O) groups excluding carboxylic acids is 1. The van der Waals surface area contributed by atoms with Crippen LogP contribution in [0.1, 0.15) is 11.1 Å². The van der Waals surface area contributed by atoms with Gasteiger partial charge in [-0.3, -0.25) is 0 Å². The summed E-state index contributed by atoms with van der Waals surface area (Å²) in [7, 11) is 0. The van der Waals surface area contributed by atoms with E-state index in [2.05, 4.69) is 0 Å². The van der Waals surface area contributed by atoms with Gasteiger partial charge in [-0.1, -0.05) is 60.7 Å². The Bertz CT molecular complexity index is 670. The number of hydrogen-bond donors (Lipinski definition) is 0. The Hall–Kier alpha value is -2.17. The van der Waals surface area contributed by atoms with Crippen molar-refractivity contribution in [3.63, 3.8) is 0 Å². The van der Waals surface area contributed by atoms with Crippen LogP contribution in [0.2, 0.25) is 0 Å². The van der Waals surface area contributed by atoms with Gasteiger partial charge >= 0.3 is 5.97 Å². The summed E-state index contributed by atoms with van der Waals surface area (Å²) >= 11 is 0. The minimum absolute atomic E-state index is 0.0231. The van der Waals surface area contributed by atoms with E-state index in [0.717, 1.165) is 11.1 Å². The van der Waals surface area contributed by atoms with E-state index >= 15 is 0 Å². The number of rotatable bonds is 6. The van der Waals surface area contributed by atoms with Crippen LogP contribution < -0.4 is 0 Å². The summed E-state index contributed by atoms with van der Waals surface area (Å²) in [5.74, 6) is -0.245. The molecule has 1 aliphatic carbocycles. The average Bonchev–Trinajstić information content (AvgIpc) is 3.16. The molecule has 4 heteroatoms. The maximum atomic E-state index is 11.9. The van der Waals surface area contributed by atoms with Crippen LogP contribution in [0, 0.1) is 5.92 Å². The highest BCUT2D eigenvalue weighted by atomic mass is 16.6. The van der Waals surface area contributed by atoms with Gasteiger partial charge in [0, 0.05) is 0 Å². The fourth-order valence-corrected chi connectivity index (χ4v) is 3.04. The topological polar surface area (TPSA) is 44.8 Å². The summed E-state index contributed by atoms with van der Waals surface area (Å²) in [6.45, 7) is 0.941. The first-order chi connectivity index (χ1) is 11.3. The molecule has 0 N–H and O–H groups in total. The van der Waals surface area contributed by atoms with Gasteiger partial charge in [-0.2, -0.15) is 0 Å². The second kappa shape index (κ2) is 6.14. The van der Waals surface area contributed by atoms with Crippen LogP contribution in [0.25, 0.3) is 0 Å². The minimum atomic E-state index is -0.513. The van der Waals surface area contributed by atoms with Crippen molar-refractivity contribution < 1.29 is 19.0 Å². The van der Waals surface area contributed by atoms with Crippen molar-refractivity contribution in [2.45, 2.75) is 31.5 Å². The zero-order valence-electron chi connectivity index (χ0n) is 12.6. The van der Waals surface area contributed by atoms with Gasteiger partial charge in [-0.05, 0) is 11.1 Å². The first-order valence-corrected chi connectivity index (χ1v) is 7.84. The lowest BCUT2D eigenvalue weighted by atomic mass is 10.2. The van der Waals surface area contributed by atoms with E-state index in [1.54, 1.807) is 0 Å². The zero-order valence-corrected chi connectivity index (χ0v) is 12.6. The maximum absolute atomic E-state index is 11.9. The molecule has 4 atom stereocenters. The molecule has 0 spiro atoms. The zero-order chi connectivity index (χ0) is 15.6. The number of benzene rings is 2. The highest BCUT2D eigenvalue weighted by molar-refractivity contribution is 5.79. The molecule has 4 nitrogen and oxygen atoms in total. The van der Waals surface area contributed by atoms with Crippen LogP contribution in [0.4, 0.5) is 0 Å². The Labute approximate surface area is 135 Å². The summed E-state index contributed by atoms with van der Waals surface area (Å²) in [6, 6.07) is 19.8. The second-order valence-electron chi connectivity index (χ2n) is 5.96. The predicted molar refractivity (Wildman–Crippen MR) is 83.4 cm³/mol. The van der Waals surface area contributed by atoms with Crippen LogP contribution in [0.5, 0.6) is 0 Å². The molecule has 1 aliphatic heterocycles. The van der Waals surface area contributed by atoms with Crippen molar-refractivity contribution in [2.24, 2.45) is 5.92 Å². The lowest BCUT2D eigenvalue weighted by molar-refractivity contribution is -0.156. The molecule has 23 heavy (non-hydrogen) atoms. The van der Waals surface area contributed by atoms with E-state index in [9.17, 15) is 4.79 Å². The molecular formula is C19H18O4. The van der Waals surface area contributed by atoms with Gasteiger partial charge in [-0.15, -0.1) is 0 Å². The van der Waals surface area contributed by atoms with E-state index in [0.29, 0.717) is 13.2 Å². The fourth-order valence-electron chi connectivity index (χ4n) is 3.04. The lowest BCUT2D eigenvalue weighted by Gasteiger charge is -2.14. The minimum Gasteiger partial charge on any atom is -0.457 e. The summed E-state index contributed by atoms with van der Waals surface area (Å²) in [5, 5.41) is 0. The fraction of sp³-hybridized carbons (Fsp3) is 0.316. The first-order valence-electron chi connectivity index (χ1n) is 7.84. The molecule has 0 radical (unpaired) electrons. The Kier molecular flexibility index (Phi) is 3.85. The summed E-state index contributed by atoms with van der Waals surface area (Å²) in [4.78, 5) is 11.9. The largest absolute Gasteiger partial charge is 0.457 e. The standard InChI is InChI=1S/C19H18O4/c20-19-18(22-12-14-9-5-2-6-10-14)15-16(17(15)23-19)21-11-13-7-3-1-4-8-13/h1-10,15-18H,11-12H2/t15?,16?,17-,18+/m0/s1. The van der Waals surface area contributed by atoms with Gasteiger partial charge in [0.25, 0.3) is 0 Å². The molecule has 0 bridgehead atoms. The Balaban J connectivity index is 1.32. The third kappa shape index (κ3) is 3.00. The van der Waals surface area contributed by atoms with Crippen molar-refractivity contribution >= 4 is 5.97 Å². The number of ether oxygens (including phenoxy) is 3. The Morgan fingerprint density at radius 3 is 2.00 bits per heavy atom. The van der Waals surface area contributed by atoms with Gasteiger partial charge < -0.3 is 14.2 Å². The normalized spacial score (nSPS) is 28.3. The molecule has 2 aromatic rings. The van der Waals surface area contributed by atoms with Gasteiger partial charge in [-0.25, -0.2) is 4.79 Å². The molecule has 1 saturated carbocycles. The predicted octanol–water partition coefficient (Wildman–Crippen LogP) is 2.71. The molecule has 118 valence electrons. The molecular weight excluding hydrogens is 292 g/mol. The Morgan fingerprint density at radius 2 is 1.39 bits per heavy atom. The van der Waals surface area contributed by atoms with Crippen molar-refractivity contribution in [2.75, 3.05) is 0 Å². The molecule has 2 aliphatic rings. The van der Waals surface area contributed by atoms with E-state index in [-0.39, 0.29) is 24.1 Å². The molecule has 2 fully saturated rings. The summed E-state index contributed by atoms with van der Waals surface area (Å²) in [6.07, 6.45) is -0.707. The van der Waals surface area contributed by atoms with Crippen LogP contribution >= 0.6 is 0 Å². The van der Waals surface area contributed by atoms with Crippen molar-refractivity contribution in [1.29, 1.82) is 0 Å². The SMILES string of the molecule is O=C1O[C@@H]2C(OCc3ccccc3)C2[C@H]1OCc1ccccc1. The van der Waals surface area contributed by atoms with Gasteiger partial charge in [0.2, 0.25) is 0 Å². The maximum Gasteiger partial charge on any atom is 0.336 e. The number of hydrogen-bond acceptors (Lipinski definition) is 4. The van der Waals surface area contributed by atoms with Crippen LogP contribution in [0.3, 0.4) is 0 Å². The quantitative estimate of drug-likeness (QED) is 0.770. The smallest absolute Gasteiger partial charge is 0.336 e. The second-order valence-corrected chi connectivity index (χ2v) is 5.96. The number of esters is 1. The first kappa shape index (κ1) is 14.4. The van der Waals surface area contributed by atoms with Crippen LogP contribution in [-0.4, -0.2) is 24.3 Å². The monoisotopic (exact) mass is 310 g/mol. The molecule has 1 saturated heterocycles. The molecule has 0 aromatic heterocycles. The Morgan fingerprint density at radius 1 is 0.826 bits per heavy atom. The average molecular weight is 310 g/mol. The van der Waals surface area contributed by atoms with Crippen molar-refractivity contribution in [3.8, 4) is 0 Å². The third-order valence-electron chi connectivity index (χ3n) is 4.33. The van der Waals surface area contributed by atoms with Crippen LogP contribution in [-0.2, 0) is 32.2 Å². The molecule has 4 rings (SSSR count). The van der Waals surface area contributed by atoms with Gasteiger partial charge in [0.05, 0.1) is 19.1 Å². The van der Waals surface area contributed by atoms with Gasteiger partial charge in [0.15, 0.2) is 6.10 Å². The molecule has 0 amide bonds. The van der Waals surface area contributed by atoms with E-state index in [1.807, 2.05) is 60.7 Å². The van der Waals surface area contributed by atoms with E-state index in [4.69, 9.17) is 14.2 Å². The van der Waals surface area contributed by atoms with Crippen molar-refractivity contribution in [1.82, 2.24) is 0 Å². The third-order valence-corrected chi connectivity index (χ3v) is 4.33. The molecule has 2 aromatic carbocycles. The number of carbonyl (C=O) groups is 1. The van der Waals surface area contributed by atoms with E-state index in [1.165, 1.54) is 0 Å². The lowest BCUT2D eigenvalue weighted by Crippen LogP contribution is -2.27. The van der Waals surface area contributed by atoms with E-state index < -0.39 is 6.10 Å².